The molecule has 0 fully saturated rings. The lowest BCUT2D eigenvalue weighted by atomic mass is 10.0. The summed E-state index contributed by atoms with van der Waals surface area (Å²) in [5.41, 5.74) is -0.653. The van der Waals surface area contributed by atoms with Crippen LogP contribution < -0.4 is 5.32 Å². The van der Waals surface area contributed by atoms with Crippen LogP contribution in [0.2, 0.25) is 0 Å². The van der Waals surface area contributed by atoms with Gasteiger partial charge in [0.05, 0.1) is 18.2 Å². The first-order valence-electron chi connectivity index (χ1n) is 4.79. The molecule has 0 bridgehead atoms. The first-order valence-corrected chi connectivity index (χ1v) is 4.79. The van der Waals surface area contributed by atoms with Crippen molar-refractivity contribution in [3.05, 3.63) is 0 Å². The summed E-state index contributed by atoms with van der Waals surface area (Å²) in [6.07, 6.45) is 1.36. The zero-order chi connectivity index (χ0) is 11.2. The quantitative estimate of drug-likeness (QED) is 0.686. The van der Waals surface area contributed by atoms with Crippen molar-refractivity contribution in [2.75, 3.05) is 6.61 Å². The maximum Gasteiger partial charge on any atom is 0.237 e. The standard InChI is InChI=1S/C10H18N2O2/c1-4-5-8(6-11)9(14)12-10(2,3)7-13/h8,13H,4-5,7H2,1-3H3,(H,12,14). The molecule has 4 heteroatoms. The number of carbonyl (C=O) groups is 1. The highest BCUT2D eigenvalue weighted by Crippen LogP contribution is 2.08. The van der Waals surface area contributed by atoms with Crippen LogP contribution >= 0.6 is 0 Å². The van der Waals surface area contributed by atoms with Crippen molar-refractivity contribution in [3.63, 3.8) is 0 Å². The summed E-state index contributed by atoms with van der Waals surface area (Å²) in [5, 5.41) is 20.3. The predicted octanol–water partition coefficient (Wildman–Crippen LogP) is 0.813. The summed E-state index contributed by atoms with van der Waals surface area (Å²) in [4.78, 5) is 11.5. The maximum atomic E-state index is 11.5. The highest BCUT2D eigenvalue weighted by atomic mass is 16.3. The second kappa shape index (κ2) is 5.61. The number of rotatable bonds is 5. The number of hydrogen-bond donors (Lipinski definition) is 2. The Bertz CT molecular complexity index is 231. The largest absolute Gasteiger partial charge is 0.394 e. The predicted molar refractivity (Wildman–Crippen MR) is 53.3 cm³/mol. The second-order valence-corrected chi connectivity index (χ2v) is 4.00. The Kier molecular flexibility index (Phi) is 5.18. The minimum atomic E-state index is -0.653. The number of nitriles is 1. The lowest BCUT2D eigenvalue weighted by Crippen LogP contribution is -2.48. The molecule has 1 amide bonds. The Morgan fingerprint density at radius 2 is 2.21 bits per heavy atom. The van der Waals surface area contributed by atoms with Gasteiger partial charge in [-0.3, -0.25) is 4.79 Å². The monoisotopic (exact) mass is 198 g/mol. The smallest absolute Gasteiger partial charge is 0.237 e. The average molecular weight is 198 g/mol. The average Bonchev–Trinajstić information content (AvgIpc) is 2.13. The van der Waals surface area contributed by atoms with Gasteiger partial charge in [0, 0.05) is 0 Å². The van der Waals surface area contributed by atoms with Gasteiger partial charge in [0.1, 0.15) is 5.92 Å². The van der Waals surface area contributed by atoms with Crippen LogP contribution in [0.4, 0.5) is 0 Å². The number of aliphatic hydroxyl groups excluding tert-OH is 1. The Morgan fingerprint density at radius 3 is 2.57 bits per heavy atom. The van der Waals surface area contributed by atoms with E-state index in [2.05, 4.69) is 5.32 Å². The minimum Gasteiger partial charge on any atom is -0.394 e. The Morgan fingerprint density at radius 1 is 1.64 bits per heavy atom. The van der Waals surface area contributed by atoms with Gasteiger partial charge in [0.2, 0.25) is 5.91 Å². The molecule has 1 unspecified atom stereocenters. The number of nitrogens with one attached hydrogen (secondary N) is 1. The molecule has 0 radical (unpaired) electrons. The molecule has 1 atom stereocenters. The van der Waals surface area contributed by atoms with E-state index >= 15 is 0 Å². The third kappa shape index (κ3) is 4.24. The van der Waals surface area contributed by atoms with Gasteiger partial charge in [-0.2, -0.15) is 5.26 Å². The zero-order valence-corrected chi connectivity index (χ0v) is 9.00. The Labute approximate surface area is 84.9 Å². The summed E-state index contributed by atoms with van der Waals surface area (Å²) in [6.45, 7) is 5.22. The maximum absolute atomic E-state index is 11.5. The van der Waals surface area contributed by atoms with Crippen LogP contribution in [-0.4, -0.2) is 23.2 Å². The molecule has 0 spiro atoms. The molecule has 14 heavy (non-hydrogen) atoms. The van der Waals surface area contributed by atoms with E-state index in [1.807, 2.05) is 13.0 Å². The zero-order valence-electron chi connectivity index (χ0n) is 9.00. The molecule has 0 aromatic rings. The van der Waals surface area contributed by atoms with Crippen LogP contribution in [0.5, 0.6) is 0 Å². The molecule has 0 aromatic carbocycles. The minimum absolute atomic E-state index is 0.136. The number of nitrogens with zero attached hydrogens (tertiary/aromatic N) is 1. The summed E-state index contributed by atoms with van der Waals surface area (Å²) in [6, 6.07) is 1.96. The highest BCUT2D eigenvalue weighted by Gasteiger charge is 2.24. The molecule has 2 N–H and O–H groups in total. The molecule has 0 rings (SSSR count). The van der Waals surface area contributed by atoms with Gasteiger partial charge in [0.15, 0.2) is 0 Å². The Hall–Kier alpha value is -1.08. The third-order valence-corrected chi connectivity index (χ3v) is 1.91. The molecule has 0 saturated heterocycles. The van der Waals surface area contributed by atoms with Crippen molar-refractivity contribution >= 4 is 5.91 Å². The van der Waals surface area contributed by atoms with Gasteiger partial charge in [-0.05, 0) is 20.3 Å². The van der Waals surface area contributed by atoms with Crippen LogP contribution in [0.1, 0.15) is 33.6 Å². The fourth-order valence-electron chi connectivity index (χ4n) is 1.00. The highest BCUT2D eigenvalue weighted by molar-refractivity contribution is 5.81. The normalized spacial score (nSPS) is 13.1. The molecule has 80 valence electrons. The molecule has 0 aliphatic rings. The van der Waals surface area contributed by atoms with Crippen molar-refractivity contribution < 1.29 is 9.90 Å². The van der Waals surface area contributed by atoms with E-state index in [1.165, 1.54) is 0 Å². The second-order valence-electron chi connectivity index (χ2n) is 4.00. The van der Waals surface area contributed by atoms with Gasteiger partial charge in [-0.25, -0.2) is 0 Å². The van der Waals surface area contributed by atoms with E-state index in [0.717, 1.165) is 6.42 Å². The third-order valence-electron chi connectivity index (χ3n) is 1.91. The molecule has 0 aromatic heterocycles. The van der Waals surface area contributed by atoms with Gasteiger partial charge in [-0.1, -0.05) is 13.3 Å². The summed E-state index contributed by atoms with van der Waals surface area (Å²) in [7, 11) is 0. The van der Waals surface area contributed by atoms with Crippen molar-refractivity contribution in [2.24, 2.45) is 5.92 Å². The number of aliphatic hydroxyl groups is 1. The van der Waals surface area contributed by atoms with Gasteiger partial charge in [0.25, 0.3) is 0 Å². The topological polar surface area (TPSA) is 73.1 Å². The number of carbonyl (C=O) groups excluding carboxylic acids is 1. The van der Waals surface area contributed by atoms with Gasteiger partial charge < -0.3 is 10.4 Å². The fourth-order valence-corrected chi connectivity index (χ4v) is 1.00. The molecule has 0 aliphatic heterocycles. The number of amides is 1. The van der Waals surface area contributed by atoms with Crippen LogP contribution in [0.3, 0.4) is 0 Å². The summed E-state index contributed by atoms with van der Waals surface area (Å²) >= 11 is 0. The van der Waals surface area contributed by atoms with Crippen molar-refractivity contribution in [1.29, 1.82) is 5.26 Å². The van der Waals surface area contributed by atoms with E-state index in [-0.39, 0.29) is 12.5 Å². The van der Waals surface area contributed by atoms with E-state index in [0.29, 0.717) is 6.42 Å². The van der Waals surface area contributed by atoms with Crippen LogP contribution in [0.25, 0.3) is 0 Å². The first-order chi connectivity index (χ1) is 6.46. The summed E-state index contributed by atoms with van der Waals surface area (Å²) < 4.78 is 0. The molecular formula is C10H18N2O2. The molecule has 0 heterocycles. The summed E-state index contributed by atoms with van der Waals surface area (Å²) in [5.74, 6) is -0.903. The van der Waals surface area contributed by atoms with Crippen LogP contribution in [-0.2, 0) is 4.79 Å². The molecule has 0 saturated carbocycles. The van der Waals surface area contributed by atoms with Crippen molar-refractivity contribution in [1.82, 2.24) is 5.32 Å². The van der Waals surface area contributed by atoms with E-state index < -0.39 is 11.5 Å². The van der Waals surface area contributed by atoms with Crippen LogP contribution in [0.15, 0.2) is 0 Å². The van der Waals surface area contributed by atoms with Gasteiger partial charge >= 0.3 is 0 Å². The van der Waals surface area contributed by atoms with Crippen molar-refractivity contribution in [3.8, 4) is 6.07 Å². The van der Waals surface area contributed by atoms with E-state index in [4.69, 9.17) is 10.4 Å². The van der Waals surface area contributed by atoms with Gasteiger partial charge in [-0.15, -0.1) is 0 Å². The van der Waals surface area contributed by atoms with Crippen molar-refractivity contribution in [2.45, 2.75) is 39.2 Å². The molecular weight excluding hydrogens is 180 g/mol. The van der Waals surface area contributed by atoms with Crippen LogP contribution in [0, 0.1) is 17.2 Å². The van der Waals surface area contributed by atoms with E-state index in [1.54, 1.807) is 13.8 Å². The molecule has 0 aliphatic carbocycles. The first kappa shape index (κ1) is 12.9. The van der Waals surface area contributed by atoms with E-state index in [9.17, 15) is 4.79 Å². The Balaban J connectivity index is 4.26. The number of hydrogen-bond acceptors (Lipinski definition) is 3. The SMILES string of the molecule is CCCC(C#N)C(=O)NC(C)(C)CO. The lowest BCUT2D eigenvalue weighted by molar-refractivity contribution is -0.125. The molecule has 4 nitrogen and oxygen atoms in total. The fraction of sp³-hybridized carbons (Fsp3) is 0.800. The lowest BCUT2D eigenvalue weighted by Gasteiger charge is -2.24.